The van der Waals surface area contributed by atoms with E-state index >= 15 is 0 Å². The number of hydrogen-bond acceptors (Lipinski definition) is 4. The van der Waals surface area contributed by atoms with Gasteiger partial charge in [-0.2, -0.15) is 0 Å². The summed E-state index contributed by atoms with van der Waals surface area (Å²) in [5.41, 5.74) is 2.46. The lowest BCUT2D eigenvalue weighted by Crippen LogP contribution is -2.50. The van der Waals surface area contributed by atoms with Crippen LogP contribution in [0.4, 0.5) is 5.69 Å². The van der Waals surface area contributed by atoms with Crippen LogP contribution in [0.25, 0.3) is 0 Å². The fourth-order valence-corrected chi connectivity index (χ4v) is 4.83. The van der Waals surface area contributed by atoms with Gasteiger partial charge < -0.3 is 10.2 Å². The summed E-state index contributed by atoms with van der Waals surface area (Å²) in [4.78, 5) is 27.1. The van der Waals surface area contributed by atoms with Crippen LogP contribution in [-0.4, -0.2) is 51.0 Å². The van der Waals surface area contributed by atoms with Crippen molar-refractivity contribution in [2.75, 3.05) is 24.2 Å². The van der Waals surface area contributed by atoms with Crippen LogP contribution < -0.4 is 9.62 Å². The van der Waals surface area contributed by atoms with Gasteiger partial charge in [-0.15, -0.1) is 0 Å². The number of carbonyl (C=O) groups is 2. The van der Waals surface area contributed by atoms with Crippen molar-refractivity contribution in [1.29, 1.82) is 0 Å². The molecule has 1 atom stereocenters. The molecule has 32 heavy (non-hydrogen) atoms. The molecule has 10 heteroatoms. The van der Waals surface area contributed by atoms with E-state index in [0.717, 1.165) is 21.7 Å². The SMILES string of the molecule is CNC(=O)C(C)N(Cc1ccc(Cl)cc1Cl)C(=O)CN(c1c(C)cccc1C)S(C)(=O)=O. The molecule has 0 fully saturated rings. The molecule has 0 bridgehead atoms. The molecule has 0 aromatic heterocycles. The molecule has 0 saturated heterocycles. The Labute approximate surface area is 199 Å². The number of likely N-dealkylation sites (N-methyl/N-ethyl adjacent to an activating group) is 1. The Bertz CT molecular complexity index is 1100. The summed E-state index contributed by atoms with van der Waals surface area (Å²) < 4.78 is 26.4. The van der Waals surface area contributed by atoms with Gasteiger partial charge in [0.15, 0.2) is 0 Å². The topological polar surface area (TPSA) is 86.8 Å². The maximum Gasteiger partial charge on any atom is 0.244 e. The number of para-hydroxylation sites is 1. The normalized spacial score (nSPS) is 12.2. The first-order chi connectivity index (χ1) is 14.9. The van der Waals surface area contributed by atoms with E-state index in [2.05, 4.69) is 5.32 Å². The number of benzene rings is 2. The summed E-state index contributed by atoms with van der Waals surface area (Å²) in [6.45, 7) is 4.68. The minimum atomic E-state index is -3.79. The second-order valence-corrected chi connectivity index (χ2v) is 10.3. The standard InChI is InChI=1S/C22H27Cl2N3O4S/c1-14-7-6-8-15(2)21(14)27(32(5,30)31)13-20(28)26(16(3)22(29)25-4)12-17-9-10-18(23)11-19(17)24/h6-11,16H,12-13H2,1-5H3,(H,25,29). The molecule has 7 nitrogen and oxygen atoms in total. The molecule has 0 aliphatic heterocycles. The molecule has 2 rings (SSSR count). The highest BCUT2D eigenvalue weighted by molar-refractivity contribution is 7.92. The first-order valence-corrected chi connectivity index (χ1v) is 12.5. The minimum Gasteiger partial charge on any atom is -0.357 e. The first kappa shape index (κ1) is 26.0. The van der Waals surface area contributed by atoms with E-state index in [-0.39, 0.29) is 12.5 Å². The van der Waals surface area contributed by atoms with Crippen molar-refractivity contribution in [1.82, 2.24) is 10.2 Å². The van der Waals surface area contributed by atoms with Crippen LogP contribution >= 0.6 is 23.2 Å². The number of nitrogens with zero attached hydrogens (tertiary/aromatic N) is 2. The molecule has 0 saturated carbocycles. The van der Waals surface area contributed by atoms with Crippen molar-refractivity contribution < 1.29 is 18.0 Å². The van der Waals surface area contributed by atoms with Crippen LogP contribution in [0.15, 0.2) is 36.4 Å². The lowest BCUT2D eigenvalue weighted by Gasteiger charge is -2.32. The maximum atomic E-state index is 13.4. The van der Waals surface area contributed by atoms with E-state index < -0.39 is 28.5 Å². The lowest BCUT2D eigenvalue weighted by molar-refractivity contribution is -0.139. The summed E-state index contributed by atoms with van der Waals surface area (Å²) in [7, 11) is -2.32. The van der Waals surface area contributed by atoms with E-state index in [9.17, 15) is 18.0 Å². The Morgan fingerprint density at radius 3 is 2.19 bits per heavy atom. The molecule has 2 aromatic carbocycles. The van der Waals surface area contributed by atoms with E-state index in [1.165, 1.54) is 11.9 Å². The van der Waals surface area contributed by atoms with Crippen molar-refractivity contribution >= 4 is 50.7 Å². The highest BCUT2D eigenvalue weighted by atomic mass is 35.5. The van der Waals surface area contributed by atoms with Gasteiger partial charge in [0.1, 0.15) is 12.6 Å². The van der Waals surface area contributed by atoms with Gasteiger partial charge in [0, 0.05) is 23.6 Å². The molecular formula is C22H27Cl2N3O4S. The summed E-state index contributed by atoms with van der Waals surface area (Å²) in [6.07, 6.45) is 1.05. The Hall–Kier alpha value is -2.29. The van der Waals surface area contributed by atoms with Gasteiger partial charge in [-0.1, -0.05) is 47.5 Å². The Morgan fingerprint density at radius 1 is 1.09 bits per heavy atom. The van der Waals surface area contributed by atoms with Crippen molar-refractivity contribution in [2.24, 2.45) is 0 Å². The van der Waals surface area contributed by atoms with Crippen molar-refractivity contribution in [3.05, 3.63) is 63.1 Å². The van der Waals surface area contributed by atoms with E-state index in [1.54, 1.807) is 51.1 Å². The highest BCUT2D eigenvalue weighted by Crippen LogP contribution is 2.28. The van der Waals surface area contributed by atoms with Crippen LogP contribution in [-0.2, 0) is 26.2 Å². The zero-order chi connectivity index (χ0) is 24.2. The van der Waals surface area contributed by atoms with Crippen LogP contribution in [0.1, 0.15) is 23.6 Å². The summed E-state index contributed by atoms with van der Waals surface area (Å²) in [5, 5.41) is 3.31. The van der Waals surface area contributed by atoms with E-state index in [4.69, 9.17) is 23.2 Å². The van der Waals surface area contributed by atoms with Crippen LogP contribution in [0, 0.1) is 13.8 Å². The number of carbonyl (C=O) groups excluding carboxylic acids is 2. The van der Waals surface area contributed by atoms with Gasteiger partial charge in [-0.3, -0.25) is 13.9 Å². The Morgan fingerprint density at radius 2 is 1.69 bits per heavy atom. The number of nitrogens with one attached hydrogen (secondary N) is 1. The average molecular weight is 500 g/mol. The Kier molecular flexibility index (Phi) is 8.56. The van der Waals surface area contributed by atoms with Crippen LogP contribution in [0.5, 0.6) is 0 Å². The molecule has 174 valence electrons. The molecule has 1 N–H and O–H groups in total. The molecule has 0 spiro atoms. The van der Waals surface area contributed by atoms with Crippen molar-refractivity contribution in [3.8, 4) is 0 Å². The van der Waals surface area contributed by atoms with Gasteiger partial charge in [0.25, 0.3) is 0 Å². The fraction of sp³-hybridized carbons (Fsp3) is 0.364. The largest absolute Gasteiger partial charge is 0.357 e. The third-order valence-electron chi connectivity index (χ3n) is 5.14. The molecule has 2 amide bonds. The minimum absolute atomic E-state index is 0.00772. The molecule has 0 heterocycles. The van der Waals surface area contributed by atoms with Crippen molar-refractivity contribution in [2.45, 2.75) is 33.4 Å². The zero-order valence-corrected chi connectivity index (χ0v) is 21.0. The third-order valence-corrected chi connectivity index (χ3v) is 6.84. The number of hydrogen-bond donors (Lipinski definition) is 1. The van der Waals surface area contributed by atoms with Gasteiger partial charge in [-0.25, -0.2) is 8.42 Å². The van der Waals surface area contributed by atoms with Gasteiger partial charge in [0.2, 0.25) is 21.8 Å². The molecule has 0 aliphatic rings. The summed E-state index contributed by atoms with van der Waals surface area (Å²) in [6, 6.07) is 9.37. The quantitative estimate of drug-likeness (QED) is 0.601. The van der Waals surface area contributed by atoms with Gasteiger partial charge in [-0.05, 0) is 49.6 Å². The molecule has 2 aromatic rings. The predicted molar refractivity (Wildman–Crippen MR) is 129 cm³/mol. The lowest BCUT2D eigenvalue weighted by atomic mass is 10.1. The average Bonchev–Trinajstić information content (AvgIpc) is 2.70. The van der Waals surface area contributed by atoms with Gasteiger partial charge >= 0.3 is 0 Å². The number of aryl methyl sites for hydroxylation is 2. The highest BCUT2D eigenvalue weighted by Gasteiger charge is 2.31. The number of sulfonamides is 1. The molecular weight excluding hydrogens is 473 g/mol. The number of anilines is 1. The molecule has 1 unspecified atom stereocenters. The molecule has 0 aliphatic carbocycles. The van der Waals surface area contributed by atoms with Crippen LogP contribution in [0.3, 0.4) is 0 Å². The third kappa shape index (κ3) is 6.15. The predicted octanol–water partition coefficient (Wildman–Crippen LogP) is 3.54. The number of amides is 2. The van der Waals surface area contributed by atoms with E-state index in [1.807, 2.05) is 6.07 Å². The first-order valence-electron chi connectivity index (χ1n) is 9.85. The van der Waals surface area contributed by atoms with Crippen LogP contribution in [0.2, 0.25) is 10.0 Å². The van der Waals surface area contributed by atoms with Crippen molar-refractivity contribution in [3.63, 3.8) is 0 Å². The van der Waals surface area contributed by atoms with E-state index in [0.29, 0.717) is 21.3 Å². The summed E-state index contributed by atoms with van der Waals surface area (Å²) in [5.74, 6) is -0.929. The number of halogens is 2. The molecule has 0 radical (unpaired) electrons. The second kappa shape index (κ2) is 10.6. The second-order valence-electron chi connectivity index (χ2n) is 7.56. The number of rotatable bonds is 8. The Balaban J connectivity index is 2.48. The monoisotopic (exact) mass is 499 g/mol. The smallest absolute Gasteiger partial charge is 0.244 e. The zero-order valence-electron chi connectivity index (χ0n) is 18.6. The summed E-state index contributed by atoms with van der Waals surface area (Å²) >= 11 is 12.2. The maximum absolute atomic E-state index is 13.4. The fourth-order valence-electron chi connectivity index (χ4n) is 3.40. The van der Waals surface area contributed by atoms with Gasteiger partial charge in [0.05, 0.1) is 11.9 Å².